The molecule has 7 nitrogen and oxygen atoms in total. The third kappa shape index (κ3) is 3.86. The number of hydrogen-bond donors (Lipinski definition) is 1. The van der Waals surface area contributed by atoms with Crippen LogP contribution in [0.4, 0.5) is 10.8 Å². The molecule has 0 aliphatic carbocycles. The van der Waals surface area contributed by atoms with Crippen molar-refractivity contribution in [1.29, 1.82) is 0 Å². The number of anilines is 1. The summed E-state index contributed by atoms with van der Waals surface area (Å²) < 4.78 is 5.06. The topological polar surface area (TPSA) is 94.4 Å². The molecule has 21 heavy (non-hydrogen) atoms. The number of nitro groups is 1. The molecule has 2 heterocycles. The molecule has 0 bridgehead atoms. The lowest BCUT2D eigenvalue weighted by molar-refractivity contribution is -0.380. The first kappa shape index (κ1) is 14.7. The van der Waals surface area contributed by atoms with Crippen LogP contribution in [0.2, 0.25) is 0 Å². The SMILES string of the molecule is COc1cccnc1NC(=O)/C=C/c1ccc([N+](=O)[O-])s1. The molecule has 0 atom stereocenters. The maximum atomic E-state index is 11.8. The van der Waals surface area contributed by atoms with Crippen LogP contribution in [-0.2, 0) is 4.79 Å². The smallest absolute Gasteiger partial charge is 0.324 e. The number of carbonyl (C=O) groups excluding carboxylic acids is 1. The van der Waals surface area contributed by atoms with Gasteiger partial charge in [-0.1, -0.05) is 11.3 Å². The molecule has 0 saturated carbocycles. The van der Waals surface area contributed by atoms with Gasteiger partial charge in [-0.3, -0.25) is 14.9 Å². The first-order valence-electron chi connectivity index (χ1n) is 5.82. The van der Waals surface area contributed by atoms with Gasteiger partial charge >= 0.3 is 5.00 Å². The average molecular weight is 305 g/mol. The van der Waals surface area contributed by atoms with Gasteiger partial charge in [0.25, 0.3) is 0 Å². The third-order valence-corrected chi connectivity index (χ3v) is 3.43. The molecular formula is C13H11N3O4S. The number of amides is 1. The Balaban J connectivity index is 2.03. The fourth-order valence-corrected chi connectivity index (χ4v) is 2.22. The van der Waals surface area contributed by atoms with Gasteiger partial charge in [0, 0.05) is 23.2 Å². The fourth-order valence-electron chi connectivity index (χ4n) is 1.50. The van der Waals surface area contributed by atoms with Crippen LogP contribution in [0.5, 0.6) is 5.75 Å². The van der Waals surface area contributed by atoms with Crippen molar-refractivity contribution in [2.45, 2.75) is 0 Å². The summed E-state index contributed by atoms with van der Waals surface area (Å²) in [4.78, 5) is 26.5. The molecule has 0 fully saturated rings. The number of aromatic nitrogens is 1. The third-order valence-electron chi connectivity index (χ3n) is 2.42. The first-order chi connectivity index (χ1) is 10.1. The molecule has 0 spiro atoms. The van der Waals surface area contributed by atoms with Gasteiger partial charge in [-0.15, -0.1) is 0 Å². The minimum atomic E-state index is -0.471. The van der Waals surface area contributed by atoms with E-state index in [1.807, 2.05) is 0 Å². The second-order valence-electron chi connectivity index (χ2n) is 3.81. The highest BCUT2D eigenvalue weighted by Gasteiger charge is 2.09. The summed E-state index contributed by atoms with van der Waals surface area (Å²) in [5, 5.41) is 13.2. The molecule has 1 N–H and O–H groups in total. The predicted molar refractivity (Wildman–Crippen MR) is 79.4 cm³/mol. The molecule has 1 amide bonds. The van der Waals surface area contributed by atoms with Crippen LogP contribution >= 0.6 is 11.3 Å². The van der Waals surface area contributed by atoms with Gasteiger partial charge in [0.2, 0.25) is 5.91 Å². The largest absolute Gasteiger partial charge is 0.493 e. The molecular weight excluding hydrogens is 294 g/mol. The van der Waals surface area contributed by atoms with Crippen LogP contribution in [-0.4, -0.2) is 22.9 Å². The number of nitrogens with zero attached hydrogens (tertiary/aromatic N) is 2. The lowest BCUT2D eigenvalue weighted by Gasteiger charge is -2.06. The Morgan fingerprint density at radius 1 is 1.48 bits per heavy atom. The van der Waals surface area contributed by atoms with Crippen LogP contribution in [0.15, 0.2) is 36.5 Å². The second-order valence-corrected chi connectivity index (χ2v) is 4.90. The van der Waals surface area contributed by atoms with E-state index >= 15 is 0 Å². The average Bonchev–Trinajstić information content (AvgIpc) is 2.95. The molecule has 0 radical (unpaired) electrons. The van der Waals surface area contributed by atoms with E-state index in [0.29, 0.717) is 16.4 Å². The van der Waals surface area contributed by atoms with E-state index < -0.39 is 10.8 Å². The zero-order valence-corrected chi connectivity index (χ0v) is 11.8. The number of nitrogens with one attached hydrogen (secondary N) is 1. The van der Waals surface area contributed by atoms with Gasteiger partial charge in [-0.25, -0.2) is 4.98 Å². The maximum Gasteiger partial charge on any atom is 0.324 e. The zero-order valence-electron chi connectivity index (χ0n) is 11.0. The molecule has 0 aliphatic rings. The van der Waals surface area contributed by atoms with Gasteiger partial charge in [-0.2, -0.15) is 0 Å². The lowest BCUT2D eigenvalue weighted by Crippen LogP contribution is -2.10. The van der Waals surface area contributed by atoms with Crippen LogP contribution < -0.4 is 10.1 Å². The fraction of sp³-hybridized carbons (Fsp3) is 0.0769. The highest BCUT2D eigenvalue weighted by Crippen LogP contribution is 2.25. The Labute approximate surface area is 124 Å². The Hall–Kier alpha value is -2.74. The van der Waals surface area contributed by atoms with Gasteiger partial charge < -0.3 is 10.1 Å². The van der Waals surface area contributed by atoms with Gasteiger partial charge in [0.1, 0.15) is 0 Å². The molecule has 2 aromatic heterocycles. The molecule has 2 aromatic rings. The Morgan fingerprint density at radius 2 is 2.29 bits per heavy atom. The van der Waals surface area contributed by atoms with Crippen LogP contribution in [0, 0.1) is 10.1 Å². The summed E-state index contributed by atoms with van der Waals surface area (Å²) in [7, 11) is 1.48. The van der Waals surface area contributed by atoms with Crippen molar-refractivity contribution >= 4 is 34.1 Å². The van der Waals surface area contributed by atoms with E-state index in [4.69, 9.17) is 4.74 Å². The predicted octanol–water partition coefficient (Wildman–Crippen LogP) is 2.71. The highest BCUT2D eigenvalue weighted by molar-refractivity contribution is 7.16. The van der Waals surface area contributed by atoms with E-state index in [1.54, 1.807) is 18.2 Å². The molecule has 8 heteroatoms. The standard InChI is InChI=1S/C13H11N3O4S/c1-20-10-3-2-8-14-13(10)15-11(17)6-4-9-5-7-12(21-9)16(18)19/h2-8H,1H3,(H,14,15,17)/b6-4+. The van der Waals surface area contributed by atoms with E-state index in [1.165, 1.54) is 31.5 Å². The number of ether oxygens (including phenoxy) is 1. The van der Waals surface area contributed by atoms with Crippen molar-refractivity contribution in [3.8, 4) is 5.75 Å². The highest BCUT2D eigenvalue weighted by atomic mass is 32.1. The number of hydrogen-bond acceptors (Lipinski definition) is 6. The van der Waals surface area contributed by atoms with Crippen molar-refractivity contribution in [2.75, 3.05) is 12.4 Å². The zero-order chi connectivity index (χ0) is 15.2. The Morgan fingerprint density at radius 3 is 2.95 bits per heavy atom. The van der Waals surface area contributed by atoms with Gasteiger partial charge in [0.15, 0.2) is 11.6 Å². The van der Waals surface area contributed by atoms with Crippen molar-refractivity contribution in [1.82, 2.24) is 4.98 Å². The van der Waals surface area contributed by atoms with E-state index in [0.717, 1.165) is 11.3 Å². The normalized spacial score (nSPS) is 10.5. The molecule has 2 rings (SSSR count). The summed E-state index contributed by atoms with van der Waals surface area (Å²) in [6.07, 6.45) is 4.32. The van der Waals surface area contributed by atoms with Crippen LogP contribution in [0.1, 0.15) is 4.88 Å². The lowest BCUT2D eigenvalue weighted by atomic mass is 10.3. The minimum absolute atomic E-state index is 0.0291. The summed E-state index contributed by atoms with van der Waals surface area (Å²) in [5.41, 5.74) is 0. The Bertz CT molecular complexity index is 696. The summed E-state index contributed by atoms with van der Waals surface area (Å²) in [6.45, 7) is 0. The number of methoxy groups -OCH3 is 1. The van der Waals surface area contributed by atoms with E-state index in [2.05, 4.69) is 10.3 Å². The molecule has 0 aromatic carbocycles. The monoisotopic (exact) mass is 305 g/mol. The van der Waals surface area contributed by atoms with E-state index in [9.17, 15) is 14.9 Å². The number of pyridine rings is 1. The second kappa shape index (κ2) is 6.62. The van der Waals surface area contributed by atoms with E-state index in [-0.39, 0.29) is 5.00 Å². The van der Waals surface area contributed by atoms with Crippen molar-refractivity contribution in [2.24, 2.45) is 0 Å². The van der Waals surface area contributed by atoms with Crippen LogP contribution in [0.25, 0.3) is 6.08 Å². The van der Waals surface area contributed by atoms with Gasteiger partial charge in [-0.05, 0) is 24.3 Å². The summed E-state index contributed by atoms with van der Waals surface area (Å²) >= 11 is 0.991. The molecule has 0 aliphatic heterocycles. The molecule has 0 unspecified atom stereocenters. The summed E-state index contributed by atoms with van der Waals surface area (Å²) in [5.74, 6) is 0.362. The number of carbonyl (C=O) groups is 1. The van der Waals surface area contributed by atoms with Crippen molar-refractivity contribution in [3.63, 3.8) is 0 Å². The van der Waals surface area contributed by atoms with Crippen molar-refractivity contribution < 1.29 is 14.5 Å². The number of thiophene rings is 1. The molecule has 108 valence electrons. The van der Waals surface area contributed by atoms with Gasteiger partial charge in [0.05, 0.1) is 12.0 Å². The maximum absolute atomic E-state index is 11.8. The van der Waals surface area contributed by atoms with Crippen molar-refractivity contribution in [3.05, 3.63) is 51.5 Å². The summed E-state index contributed by atoms with van der Waals surface area (Å²) in [6, 6.07) is 6.34. The number of rotatable bonds is 5. The Kier molecular flexibility index (Phi) is 4.62. The molecule has 0 saturated heterocycles. The minimum Gasteiger partial charge on any atom is -0.493 e. The quantitative estimate of drug-likeness (QED) is 0.520. The first-order valence-corrected chi connectivity index (χ1v) is 6.64. The van der Waals surface area contributed by atoms with Crippen LogP contribution in [0.3, 0.4) is 0 Å².